The summed E-state index contributed by atoms with van der Waals surface area (Å²) < 4.78 is 0. The van der Waals surface area contributed by atoms with E-state index in [-0.39, 0.29) is 0 Å². The van der Waals surface area contributed by atoms with E-state index in [9.17, 15) is 0 Å². The Morgan fingerprint density at radius 3 is 1.70 bits per heavy atom. The van der Waals surface area contributed by atoms with Gasteiger partial charge in [0.15, 0.2) is 8.07 Å². The zero-order valence-corrected chi connectivity index (χ0v) is 24.9. The number of hydrogen-bond acceptors (Lipinski definition) is 1. The van der Waals surface area contributed by atoms with Gasteiger partial charge in [0, 0.05) is 11.8 Å². The first-order valence-corrected chi connectivity index (χ1v) is 19.0. The average Bonchev–Trinajstić information content (AvgIpc) is 3.33. The van der Waals surface area contributed by atoms with Crippen molar-refractivity contribution >= 4 is 47.3 Å². The SMILES string of the molecule is C[Si](C)(c1ccccc1)c1ccc(-c2ccc3c(c2)[Si](c2ccccc2)(c2ccccc2)c2ccccc2-3)nc1. The largest absolute Gasteiger partial charge is 0.256 e. The maximum atomic E-state index is 5.06. The number of pyridine rings is 1. The molecule has 0 radical (unpaired) electrons. The van der Waals surface area contributed by atoms with Gasteiger partial charge in [0.25, 0.3) is 0 Å². The van der Waals surface area contributed by atoms with E-state index in [0.717, 1.165) is 5.69 Å². The fourth-order valence-electron chi connectivity index (χ4n) is 6.56. The average molecular weight is 546 g/mol. The Labute approximate surface area is 238 Å². The summed E-state index contributed by atoms with van der Waals surface area (Å²) in [7, 11) is -4.30. The van der Waals surface area contributed by atoms with E-state index in [2.05, 4.69) is 165 Å². The van der Waals surface area contributed by atoms with Gasteiger partial charge in [-0.3, -0.25) is 4.98 Å². The van der Waals surface area contributed by atoms with Gasteiger partial charge < -0.3 is 0 Å². The Hall–Kier alpha value is -4.32. The smallest absolute Gasteiger partial charge is 0.180 e. The molecular formula is C37H31NSi2. The molecule has 40 heavy (non-hydrogen) atoms. The van der Waals surface area contributed by atoms with E-state index < -0.39 is 16.1 Å². The van der Waals surface area contributed by atoms with Crippen molar-refractivity contribution in [2.24, 2.45) is 0 Å². The minimum absolute atomic E-state index is 1.03. The lowest BCUT2D eigenvalue weighted by Crippen LogP contribution is -2.72. The summed E-state index contributed by atoms with van der Waals surface area (Å²) in [5, 5.41) is 8.55. The molecule has 5 aromatic carbocycles. The van der Waals surface area contributed by atoms with Crippen LogP contribution in [0.5, 0.6) is 0 Å². The fourth-order valence-corrected chi connectivity index (χ4v) is 14.0. The first-order chi connectivity index (χ1) is 19.6. The number of aromatic nitrogens is 1. The third-order valence-electron chi connectivity index (χ3n) is 8.73. The quantitative estimate of drug-likeness (QED) is 0.280. The molecule has 0 atom stereocenters. The summed E-state index contributed by atoms with van der Waals surface area (Å²) in [5.41, 5.74) is 4.93. The summed E-state index contributed by atoms with van der Waals surface area (Å²) in [6.07, 6.45) is 2.12. The molecule has 0 saturated heterocycles. The van der Waals surface area contributed by atoms with Crippen LogP contribution in [0.1, 0.15) is 0 Å². The van der Waals surface area contributed by atoms with Gasteiger partial charge in [-0.2, -0.15) is 0 Å². The number of fused-ring (bicyclic) bond motifs is 3. The Kier molecular flexibility index (Phi) is 5.99. The van der Waals surface area contributed by atoms with E-state index in [4.69, 9.17) is 4.98 Å². The first kappa shape index (κ1) is 24.7. The normalized spacial score (nSPS) is 13.4. The zero-order chi connectivity index (χ0) is 27.2. The Morgan fingerprint density at radius 2 is 1.07 bits per heavy atom. The highest BCUT2D eigenvalue weighted by molar-refractivity contribution is 7.22. The van der Waals surface area contributed by atoms with Crippen molar-refractivity contribution in [3.8, 4) is 22.4 Å². The van der Waals surface area contributed by atoms with Crippen LogP contribution in [0.25, 0.3) is 22.4 Å². The predicted molar refractivity (Wildman–Crippen MR) is 175 cm³/mol. The number of benzene rings is 5. The van der Waals surface area contributed by atoms with Crippen LogP contribution in [-0.2, 0) is 0 Å². The van der Waals surface area contributed by atoms with E-state index in [1.807, 2.05) is 0 Å². The summed E-state index contributed by atoms with van der Waals surface area (Å²) in [5.74, 6) is 0. The molecule has 1 aliphatic rings. The van der Waals surface area contributed by atoms with Crippen molar-refractivity contribution < 1.29 is 0 Å². The summed E-state index contributed by atoms with van der Waals surface area (Å²) >= 11 is 0. The molecule has 1 nitrogen and oxygen atoms in total. The predicted octanol–water partition coefficient (Wildman–Crippen LogP) is 4.93. The molecule has 6 aromatic rings. The molecule has 1 aliphatic heterocycles. The Balaban J connectivity index is 1.40. The van der Waals surface area contributed by atoms with Gasteiger partial charge in [-0.15, -0.1) is 0 Å². The first-order valence-electron chi connectivity index (χ1n) is 14.0. The van der Waals surface area contributed by atoms with Crippen LogP contribution < -0.4 is 31.1 Å². The summed E-state index contributed by atoms with van der Waals surface area (Å²) in [4.78, 5) is 5.06. The second-order valence-electron chi connectivity index (χ2n) is 11.2. The second-order valence-corrected chi connectivity index (χ2v) is 19.3. The molecule has 0 fully saturated rings. The van der Waals surface area contributed by atoms with Gasteiger partial charge in [-0.25, -0.2) is 0 Å². The highest BCUT2D eigenvalue weighted by Crippen LogP contribution is 2.31. The van der Waals surface area contributed by atoms with Crippen molar-refractivity contribution in [2.75, 3.05) is 0 Å². The number of hydrogen-bond donors (Lipinski definition) is 0. The van der Waals surface area contributed by atoms with Gasteiger partial charge in [0.1, 0.15) is 8.07 Å². The van der Waals surface area contributed by atoms with Crippen LogP contribution in [-0.4, -0.2) is 21.1 Å². The molecule has 1 aromatic heterocycles. The molecule has 3 heteroatoms. The van der Waals surface area contributed by atoms with Gasteiger partial charge in [-0.1, -0.05) is 158 Å². The fraction of sp³-hybridized carbons (Fsp3) is 0.0541. The molecule has 0 unspecified atom stereocenters. The van der Waals surface area contributed by atoms with Crippen LogP contribution in [0.2, 0.25) is 13.1 Å². The van der Waals surface area contributed by atoms with Gasteiger partial charge in [0.05, 0.1) is 5.69 Å². The number of rotatable bonds is 5. The third-order valence-corrected chi connectivity index (χ3v) is 17.1. The molecule has 0 saturated carbocycles. The lowest BCUT2D eigenvalue weighted by Gasteiger charge is -2.31. The standard InChI is InChI=1S/C37H31NSi2/c1-39(2,29-14-6-3-7-15-29)32-23-25-35(38-27-32)28-22-24-34-33-20-12-13-21-36(33)40(37(34)26-28,30-16-8-4-9-17-30)31-18-10-5-11-19-31/h3-27H,1-2H3. The van der Waals surface area contributed by atoms with Crippen molar-refractivity contribution in [3.05, 3.63) is 152 Å². The molecule has 7 rings (SSSR count). The van der Waals surface area contributed by atoms with E-state index in [0.29, 0.717) is 0 Å². The van der Waals surface area contributed by atoms with Gasteiger partial charge in [-0.05, 0) is 43.1 Å². The lowest BCUT2D eigenvalue weighted by atomic mass is 10.0. The molecule has 0 bridgehead atoms. The summed E-state index contributed by atoms with van der Waals surface area (Å²) in [6.45, 7) is 4.82. The van der Waals surface area contributed by atoms with Crippen LogP contribution in [0.4, 0.5) is 0 Å². The van der Waals surface area contributed by atoms with Crippen molar-refractivity contribution in [1.29, 1.82) is 0 Å². The Bertz CT molecular complexity index is 1760. The maximum absolute atomic E-state index is 5.06. The molecular weight excluding hydrogens is 515 g/mol. The second kappa shape index (κ2) is 9.70. The monoisotopic (exact) mass is 545 g/mol. The van der Waals surface area contributed by atoms with E-state index in [1.54, 1.807) is 0 Å². The van der Waals surface area contributed by atoms with Crippen molar-refractivity contribution in [2.45, 2.75) is 13.1 Å². The summed E-state index contributed by atoms with van der Waals surface area (Å²) in [6, 6.07) is 53.9. The van der Waals surface area contributed by atoms with Crippen LogP contribution >= 0.6 is 0 Å². The van der Waals surface area contributed by atoms with Gasteiger partial charge in [0.2, 0.25) is 0 Å². The van der Waals surface area contributed by atoms with Crippen molar-refractivity contribution in [3.63, 3.8) is 0 Å². The molecule has 2 heterocycles. The van der Waals surface area contributed by atoms with Gasteiger partial charge >= 0.3 is 0 Å². The van der Waals surface area contributed by atoms with Crippen LogP contribution in [0.15, 0.2) is 152 Å². The maximum Gasteiger partial charge on any atom is 0.180 e. The molecule has 0 aliphatic carbocycles. The minimum Gasteiger partial charge on any atom is -0.256 e. The molecule has 192 valence electrons. The zero-order valence-electron chi connectivity index (χ0n) is 22.9. The molecule has 0 amide bonds. The molecule has 0 spiro atoms. The van der Waals surface area contributed by atoms with Crippen molar-refractivity contribution in [1.82, 2.24) is 4.98 Å². The highest BCUT2D eigenvalue weighted by Gasteiger charge is 2.48. The van der Waals surface area contributed by atoms with E-state index in [1.165, 1.54) is 47.8 Å². The Morgan fingerprint density at radius 1 is 0.500 bits per heavy atom. The van der Waals surface area contributed by atoms with Crippen LogP contribution in [0, 0.1) is 0 Å². The highest BCUT2D eigenvalue weighted by atomic mass is 28.3. The third kappa shape index (κ3) is 3.77. The topological polar surface area (TPSA) is 12.9 Å². The molecule has 0 N–H and O–H groups in total. The lowest BCUT2D eigenvalue weighted by molar-refractivity contribution is 1.34. The van der Waals surface area contributed by atoms with E-state index >= 15 is 0 Å². The number of nitrogens with zero attached hydrogens (tertiary/aromatic N) is 1. The van der Waals surface area contributed by atoms with Crippen LogP contribution in [0.3, 0.4) is 0 Å². The minimum atomic E-state index is -2.50.